The van der Waals surface area contributed by atoms with Crippen molar-refractivity contribution in [2.24, 2.45) is 5.41 Å². The van der Waals surface area contributed by atoms with Crippen molar-refractivity contribution in [3.05, 3.63) is 95.6 Å². The van der Waals surface area contributed by atoms with Crippen LogP contribution in [-0.2, 0) is 14.3 Å². The van der Waals surface area contributed by atoms with Crippen LogP contribution in [0.1, 0.15) is 35.6 Å². The number of hydrogen-bond acceptors (Lipinski definition) is 4. The van der Waals surface area contributed by atoms with Gasteiger partial charge in [-0.05, 0) is 34.7 Å². The van der Waals surface area contributed by atoms with Gasteiger partial charge in [-0.2, -0.15) is 0 Å². The van der Waals surface area contributed by atoms with Crippen molar-refractivity contribution < 1.29 is 24.2 Å². The van der Waals surface area contributed by atoms with Crippen molar-refractivity contribution in [3.63, 3.8) is 0 Å². The van der Waals surface area contributed by atoms with Crippen LogP contribution in [0.5, 0.6) is 0 Å². The van der Waals surface area contributed by atoms with Gasteiger partial charge in [0, 0.05) is 19.0 Å². The second-order valence-electron chi connectivity index (χ2n) is 9.37. The van der Waals surface area contributed by atoms with Crippen molar-refractivity contribution in [1.82, 2.24) is 10.2 Å². The van der Waals surface area contributed by atoms with E-state index in [0.29, 0.717) is 5.56 Å². The third-order valence-corrected chi connectivity index (χ3v) is 6.89. The smallest absolute Gasteiger partial charge is 0.408 e. The molecule has 1 aliphatic heterocycles. The lowest BCUT2D eigenvalue weighted by molar-refractivity contribution is -0.164. The molecule has 7 heteroatoms. The number of rotatable bonds is 6. The lowest BCUT2D eigenvalue weighted by atomic mass is 9.81. The lowest BCUT2D eigenvalue weighted by Crippen LogP contribution is -2.62. The number of likely N-dealkylation sites (tertiary alicyclic amines) is 1. The Labute approximate surface area is 203 Å². The van der Waals surface area contributed by atoms with E-state index in [9.17, 15) is 19.5 Å². The quantitative estimate of drug-likeness (QED) is 0.563. The van der Waals surface area contributed by atoms with Gasteiger partial charge in [-0.1, -0.05) is 78.9 Å². The van der Waals surface area contributed by atoms with Crippen LogP contribution in [0.25, 0.3) is 11.1 Å². The Kier molecular flexibility index (Phi) is 5.76. The minimum atomic E-state index is -0.972. The molecule has 2 N–H and O–H groups in total. The van der Waals surface area contributed by atoms with Crippen molar-refractivity contribution in [2.75, 3.05) is 19.7 Å². The molecule has 0 bridgehead atoms. The Morgan fingerprint density at radius 3 is 2.06 bits per heavy atom. The zero-order valence-electron chi connectivity index (χ0n) is 19.3. The minimum absolute atomic E-state index is 0.0920. The minimum Gasteiger partial charge on any atom is -0.481 e. The topological polar surface area (TPSA) is 95.9 Å². The first-order valence-corrected chi connectivity index (χ1v) is 11.6. The number of carbonyl (C=O) groups is 3. The van der Waals surface area contributed by atoms with Crippen LogP contribution in [0.3, 0.4) is 0 Å². The van der Waals surface area contributed by atoms with Crippen LogP contribution in [0, 0.1) is 5.41 Å². The number of carboxylic acid groups (broad SMARTS) is 1. The van der Waals surface area contributed by atoms with E-state index in [2.05, 4.69) is 17.4 Å². The second kappa shape index (κ2) is 8.91. The molecule has 178 valence electrons. The zero-order valence-corrected chi connectivity index (χ0v) is 19.3. The highest BCUT2D eigenvalue weighted by molar-refractivity contribution is 5.89. The van der Waals surface area contributed by atoms with Crippen molar-refractivity contribution in [1.29, 1.82) is 0 Å². The Balaban J connectivity index is 1.30. The molecule has 5 rings (SSSR count). The monoisotopic (exact) mass is 470 g/mol. The number of nitrogens with one attached hydrogen (secondary N) is 1. The van der Waals surface area contributed by atoms with Gasteiger partial charge in [-0.25, -0.2) is 4.79 Å². The van der Waals surface area contributed by atoms with Crippen LogP contribution in [0.2, 0.25) is 0 Å². The number of ether oxygens (including phenoxy) is 1. The van der Waals surface area contributed by atoms with Crippen LogP contribution in [0.15, 0.2) is 78.9 Å². The number of nitrogens with zero attached hydrogens (tertiary/aromatic N) is 1. The molecule has 2 aliphatic rings. The molecule has 3 aromatic rings. The lowest BCUT2D eigenvalue weighted by Gasteiger charge is -2.46. The van der Waals surface area contributed by atoms with Gasteiger partial charge in [-0.3, -0.25) is 9.59 Å². The maximum absolute atomic E-state index is 13.2. The van der Waals surface area contributed by atoms with Gasteiger partial charge >= 0.3 is 12.1 Å². The van der Waals surface area contributed by atoms with Gasteiger partial charge in [0.1, 0.15) is 18.1 Å². The highest BCUT2D eigenvalue weighted by Crippen LogP contribution is 2.44. The molecule has 3 aromatic carbocycles. The highest BCUT2D eigenvalue weighted by Gasteiger charge is 2.49. The van der Waals surface area contributed by atoms with Crippen molar-refractivity contribution in [3.8, 4) is 11.1 Å². The first-order valence-electron chi connectivity index (χ1n) is 11.6. The highest BCUT2D eigenvalue weighted by atomic mass is 16.5. The van der Waals surface area contributed by atoms with E-state index in [4.69, 9.17) is 4.74 Å². The number of carbonyl (C=O) groups excluding carboxylic acids is 2. The summed E-state index contributed by atoms with van der Waals surface area (Å²) < 4.78 is 5.64. The molecule has 0 spiro atoms. The first kappa shape index (κ1) is 22.7. The van der Waals surface area contributed by atoms with Gasteiger partial charge in [0.25, 0.3) is 0 Å². The average Bonchev–Trinajstić information content (AvgIpc) is 3.18. The molecular formula is C28H26N2O5. The molecule has 7 nitrogen and oxygen atoms in total. The van der Waals surface area contributed by atoms with E-state index in [1.165, 1.54) is 4.90 Å². The summed E-state index contributed by atoms with van der Waals surface area (Å²) in [5.41, 5.74) is 4.11. The van der Waals surface area contributed by atoms with Crippen molar-refractivity contribution in [2.45, 2.75) is 18.9 Å². The summed E-state index contributed by atoms with van der Waals surface area (Å²) in [6, 6.07) is 24.1. The Hall–Kier alpha value is -4.13. The molecule has 0 saturated carbocycles. The Morgan fingerprint density at radius 1 is 0.943 bits per heavy atom. The largest absolute Gasteiger partial charge is 0.481 e. The van der Waals surface area contributed by atoms with E-state index in [1.54, 1.807) is 31.2 Å². The third kappa shape index (κ3) is 4.14. The van der Waals surface area contributed by atoms with Crippen LogP contribution >= 0.6 is 0 Å². The van der Waals surface area contributed by atoms with Gasteiger partial charge in [0.05, 0.1) is 0 Å². The first-order chi connectivity index (χ1) is 16.9. The molecule has 2 amide bonds. The summed E-state index contributed by atoms with van der Waals surface area (Å²) in [6.07, 6.45) is -0.699. The molecule has 1 atom stereocenters. The molecule has 0 unspecified atom stereocenters. The molecule has 35 heavy (non-hydrogen) atoms. The fourth-order valence-corrected chi connectivity index (χ4v) is 4.96. The zero-order chi connectivity index (χ0) is 24.6. The van der Waals surface area contributed by atoms with E-state index in [1.807, 2.05) is 42.5 Å². The molecule has 0 aromatic heterocycles. The summed E-state index contributed by atoms with van der Waals surface area (Å²) in [7, 11) is 0. The maximum Gasteiger partial charge on any atom is 0.408 e. The van der Waals surface area contributed by atoms with Crippen molar-refractivity contribution >= 4 is 18.0 Å². The summed E-state index contributed by atoms with van der Waals surface area (Å²) in [6.45, 7) is 1.93. The second-order valence-corrected chi connectivity index (χ2v) is 9.37. The predicted octanol–water partition coefficient (Wildman–Crippen LogP) is 4.20. The predicted molar refractivity (Wildman–Crippen MR) is 130 cm³/mol. The fraction of sp³-hybridized carbons (Fsp3) is 0.250. The van der Waals surface area contributed by atoms with Crippen LogP contribution in [0.4, 0.5) is 4.79 Å². The summed E-state index contributed by atoms with van der Waals surface area (Å²) >= 11 is 0. The molecule has 1 heterocycles. The third-order valence-electron chi connectivity index (χ3n) is 6.89. The van der Waals surface area contributed by atoms with Gasteiger partial charge < -0.3 is 20.1 Å². The SMILES string of the molecule is CC1(C(=O)O)CN(C(=O)[C@@H](NC(=O)OCC2c3ccccc3-c3ccccc32)c2ccccc2)C1. The van der Waals surface area contributed by atoms with Gasteiger partial charge in [0.2, 0.25) is 5.91 Å². The number of fused-ring (bicyclic) bond motifs is 3. The standard InChI is InChI=1S/C28H26N2O5/c1-28(26(32)33)16-30(17-28)25(31)24(18-9-3-2-4-10-18)29-27(34)35-15-23-21-13-7-5-11-19(21)20-12-6-8-14-22(20)23/h2-14,23-24H,15-17H2,1H3,(H,29,34)(H,32,33)/t24-/m0/s1. The van der Waals surface area contributed by atoms with E-state index >= 15 is 0 Å². The molecule has 1 aliphatic carbocycles. The maximum atomic E-state index is 13.2. The molecule has 1 saturated heterocycles. The number of benzene rings is 3. The van der Waals surface area contributed by atoms with Gasteiger partial charge in [-0.15, -0.1) is 0 Å². The Bertz CT molecular complexity index is 1240. The number of aliphatic carboxylic acids is 1. The average molecular weight is 471 g/mol. The Morgan fingerprint density at radius 2 is 1.49 bits per heavy atom. The van der Waals surface area contributed by atoms with E-state index in [-0.39, 0.29) is 31.5 Å². The van der Waals surface area contributed by atoms with E-state index in [0.717, 1.165) is 22.3 Å². The fourth-order valence-electron chi connectivity index (χ4n) is 4.96. The molecular weight excluding hydrogens is 444 g/mol. The number of alkyl carbamates (subject to hydrolysis) is 1. The van der Waals surface area contributed by atoms with Crippen LogP contribution < -0.4 is 5.32 Å². The summed E-state index contributed by atoms with van der Waals surface area (Å²) in [5, 5.41) is 12.1. The summed E-state index contributed by atoms with van der Waals surface area (Å²) in [5.74, 6) is -1.39. The number of hydrogen-bond donors (Lipinski definition) is 2. The molecule has 1 fully saturated rings. The normalized spacial score (nSPS) is 16.4. The summed E-state index contributed by atoms with van der Waals surface area (Å²) in [4.78, 5) is 39.0. The number of carboxylic acids is 1. The number of amides is 2. The van der Waals surface area contributed by atoms with Crippen LogP contribution in [-0.4, -0.2) is 47.7 Å². The molecule has 0 radical (unpaired) electrons. The van der Waals surface area contributed by atoms with Gasteiger partial charge in [0.15, 0.2) is 0 Å². The van der Waals surface area contributed by atoms with E-state index < -0.39 is 23.5 Å².